The summed E-state index contributed by atoms with van der Waals surface area (Å²) in [5, 5.41) is 20.3. The predicted octanol–water partition coefficient (Wildman–Crippen LogP) is 6.61. The highest BCUT2D eigenvalue weighted by molar-refractivity contribution is 5.37. The number of hydrogen-bond acceptors (Lipinski definition) is 2. The van der Waals surface area contributed by atoms with Gasteiger partial charge in [-0.1, -0.05) is 65.0 Å². The molecule has 3 aliphatic rings. The fourth-order valence-corrected chi connectivity index (χ4v) is 6.16. The van der Waals surface area contributed by atoms with Crippen molar-refractivity contribution in [1.29, 1.82) is 0 Å². The van der Waals surface area contributed by atoms with E-state index in [9.17, 15) is 10.2 Å². The van der Waals surface area contributed by atoms with Gasteiger partial charge in [-0.3, -0.25) is 0 Å². The fraction of sp³-hybridized carbons (Fsp3) is 0.714. The molecule has 0 saturated heterocycles. The van der Waals surface area contributed by atoms with Crippen LogP contribution in [-0.2, 0) is 0 Å². The van der Waals surface area contributed by atoms with Gasteiger partial charge in [0.2, 0.25) is 0 Å². The molecule has 0 bridgehead atoms. The number of rotatable bonds is 6. The van der Waals surface area contributed by atoms with Crippen LogP contribution < -0.4 is 0 Å². The van der Waals surface area contributed by atoms with Crippen LogP contribution in [-0.4, -0.2) is 22.4 Å². The molecule has 0 heterocycles. The van der Waals surface area contributed by atoms with Crippen molar-refractivity contribution >= 4 is 0 Å². The molecule has 0 radical (unpaired) electrons. The minimum absolute atomic E-state index is 0.369. The predicted molar refractivity (Wildman–Crippen MR) is 127 cm³/mol. The number of fused-ring (bicyclic) bond motifs is 1. The quantitative estimate of drug-likeness (QED) is 0.482. The average molecular weight is 413 g/mol. The molecule has 1 fully saturated rings. The van der Waals surface area contributed by atoms with Crippen LogP contribution >= 0.6 is 0 Å². The second-order valence-corrected chi connectivity index (χ2v) is 11.0. The van der Waals surface area contributed by atoms with Gasteiger partial charge in [0.25, 0.3) is 0 Å². The van der Waals surface area contributed by atoms with Gasteiger partial charge in [0.1, 0.15) is 0 Å². The van der Waals surface area contributed by atoms with Gasteiger partial charge >= 0.3 is 0 Å². The van der Waals surface area contributed by atoms with E-state index >= 15 is 0 Å². The van der Waals surface area contributed by atoms with E-state index in [2.05, 4.69) is 65.0 Å². The molecule has 2 nitrogen and oxygen atoms in total. The molecule has 2 N–H and O–H groups in total. The summed E-state index contributed by atoms with van der Waals surface area (Å²) in [7, 11) is 0. The van der Waals surface area contributed by atoms with Crippen LogP contribution in [0.3, 0.4) is 0 Å². The Labute approximate surface area is 184 Å². The lowest BCUT2D eigenvalue weighted by molar-refractivity contribution is 0.0879. The van der Waals surface area contributed by atoms with Crippen molar-refractivity contribution in [2.24, 2.45) is 35.0 Å². The van der Waals surface area contributed by atoms with Gasteiger partial charge in [-0.25, -0.2) is 0 Å². The summed E-state index contributed by atoms with van der Waals surface area (Å²) in [5.41, 5.74) is 3.99. The Kier molecular flexibility index (Phi) is 7.51. The minimum atomic E-state index is -0.504. The smallest absolute Gasteiger partial charge is 0.0777 e. The highest BCUT2D eigenvalue weighted by Crippen LogP contribution is 2.58. The molecule has 1 saturated carbocycles. The monoisotopic (exact) mass is 412 g/mol. The Morgan fingerprint density at radius 3 is 2.50 bits per heavy atom. The minimum Gasteiger partial charge on any atom is -0.393 e. The first-order chi connectivity index (χ1) is 14.1. The maximum Gasteiger partial charge on any atom is 0.0777 e. The highest BCUT2D eigenvalue weighted by Gasteiger charge is 2.49. The van der Waals surface area contributed by atoms with Crippen molar-refractivity contribution in [3.8, 4) is 0 Å². The number of hydrogen-bond donors (Lipinski definition) is 2. The molecule has 3 rings (SSSR count). The van der Waals surface area contributed by atoms with Crippen LogP contribution in [0.2, 0.25) is 0 Å². The summed E-state index contributed by atoms with van der Waals surface area (Å²) in [6.45, 7) is 13.9. The summed E-state index contributed by atoms with van der Waals surface area (Å²) >= 11 is 0. The van der Waals surface area contributed by atoms with Crippen molar-refractivity contribution < 1.29 is 10.2 Å². The van der Waals surface area contributed by atoms with E-state index in [1.807, 2.05) is 6.92 Å². The molecule has 3 aliphatic carbocycles. The third-order valence-corrected chi connectivity index (χ3v) is 8.71. The number of allylic oxidation sites excluding steroid dienone is 6. The Balaban J connectivity index is 1.74. The Hall–Kier alpha value is -1.12. The van der Waals surface area contributed by atoms with Gasteiger partial charge in [-0.2, -0.15) is 0 Å². The number of aliphatic hydroxyl groups is 2. The standard InChI is InChI=1S/C28H44O2/c1-18(2)19(3)9-10-20(4)25-13-14-26-22(8-7-15-28(25,26)6)11-12-23-16-24(29)17-27(30)21(23)5/h8-12,18-20,24-27,29-30H,7,13-17H2,1-6H3/b10-9+,12-11-/t19-,20+,24+,25?,26?,27-,28?/m0/s1. The van der Waals surface area contributed by atoms with Crippen molar-refractivity contribution in [2.45, 2.75) is 92.3 Å². The Morgan fingerprint density at radius 1 is 1.07 bits per heavy atom. The first kappa shape index (κ1) is 23.5. The van der Waals surface area contributed by atoms with Crippen LogP contribution in [0.4, 0.5) is 0 Å². The highest BCUT2D eigenvalue weighted by atomic mass is 16.3. The first-order valence-electron chi connectivity index (χ1n) is 12.3. The van der Waals surface area contributed by atoms with Crippen molar-refractivity contribution in [3.05, 3.63) is 47.1 Å². The molecule has 168 valence electrons. The van der Waals surface area contributed by atoms with Crippen molar-refractivity contribution in [2.75, 3.05) is 0 Å². The molecule has 0 aromatic heterocycles. The lowest BCUT2D eigenvalue weighted by Crippen LogP contribution is -2.34. The second kappa shape index (κ2) is 9.57. The van der Waals surface area contributed by atoms with Gasteiger partial charge in [0, 0.05) is 6.42 Å². The molecule has 2 heteroatoms. The van der Waals surface area contributed by atoms with Gasteiger partial charge in [0.15, 0.2) is 0 Å². The van der Waals surface area contributed by atoms with E-state index in [0.29, 0.717) is 41.9 Å². The maximum atomic E-state index is 10.2. The normalized spacial score (nSPS) is 37.2. The van der Waals surface area contributed by atoms with E-state index < -0.39 is 12.2 Å². The molecule has 7 atom stereocenters. The summed E-state index contributed by atoms with van der Waals surface area (Å²) < 4.78 is 0. The third kappa shape index (κ3) is 4.86. The SMILES string of the molecule is CC1=C(/C=C\C2=CCCC3(C)C2CCC3[C@H](C)/C=C/[C@H](C)C(C)C)C[C@@H](O)C[C@@H]1O. The third-order valence-electron chi connectivity index (χ3n) is 8.71. The average Bonchev–Trinajstić information content (AvgIpc) is 3.04. The fourth-order valence-electron chi connectivity index (χ4n) is 6.16. The molecule has 0 amide bonds. The molecule has 0 aromatic carbocycles. The summed E-state index contributed by atoms with van der Waals surface area (Å²) in [6.07, 6.45) is 17.1. The molecule has 3 unspecified atom stereocenters. The van der Waals surface area contributed by atoms with E-state index in [1.165, 1.54) is 24.8 Å². The molecule has 0 aromatic rings. The van der Waals surface area contributed by atoms with E-state index in [-0.39, 0.29) is 0 Å². The topological polar surface area (TPSA) is 40.5 Å². The lowest BCUT2D eigenvalue weighted by Gasteiger charge is -2.42. The van der Waals surface area contributed by atoms with Gasteiger partial charge in [-0.15, -0.1) is 0 Å². The van der Waals surface area contributed by atoms with E-state index in [1.54, 1.807) is 0 Å². The summed E-state index contributed by atoms with van der Waals surface area (Å²) in [4.78, 5) is 0. The molecule has 0 spiro atoms. The van der Waals surface area contributed by atoms with Crippen LogP contribution in [0.1, 0.15) is 80.1 Å². The van der Waals surface area contributed by atoms with Crippen LogP contribution in [0.25, 0.3) is 0 Å². The van der Waals surface area contributed by atoms with Crippen LogP contribution in [0.15, 0.2) is 47.1 Å². The zero-order valence-electron chi connectivity index (χ0n) is 20.1. The second-order valence-electron chi connectivity index (χ2n) is 11.0. The zero-order valence-corrected chi connectivity index (χ0v) is 20.1. The first-order valence-corrected chi connectivity index (χ1v) is 12.3. The zero-order chi connectivity index (χ0) is 22.1. The largest absolute Gasteiger partial charge is 0.393 e. The maximum absolute atomic E-state index is 10.2. The van der Waals surface area contributed by atoms with Gasteiger partial charge in [0.05, 0.1) is 12.2 Å². The number of aliphatic hydroxyl groups excluding tert-OH is 2. The summed E-state index contributed by atoms with van der Waals surface area (Å²) in [5.74, 6) is 3.34. The van der Waals surface area contributed by atoms with Gasteiger partial charge < -0.3 is 10.2 Å². The Bertz CT molecular complexity index is 725. The van der Waals surface area contributed by atoms with E-state index in [4.69, 9.17) is 0 Å². The van der Waals surface area contributed by atoms with Crippen LogP contribution in [0.5, 0.6) is 0 Å². The Morgan fingerprint density at radius 2 is 1.80 bits per heavy atom. The van der Waals surface area contributed by atoms with Gasteiger partial charge in [-0.05, 0) is 90.8 Å². The van der Waals surface area contributed by atoms with Crippen LogP contribution in [0, 0.1) is 35.0 Å². The summed E-state index contributed by atoms with van der Waals surface area (Å²) in [6, 6.07) is 0. The van der Waals surface area contributed by atoms with Crippen molar-refractivity contribution in [1.82, 2.24) is 0 Å². The molecular formula is C28H44O2. The molecule has 30 heavy (non-hydrogen) atoms. The molecule has 0 aliphatic heterocycles. The molecular weight excluding hydrogens is 368 g/mol. The van der Waals surface area contributed by atoms with E-state index in [0.717, 1.165) is 23.5 Å². The van der Waals surface area contributed by atoms with Crippen molar-refractivity contribution in [3.63, 3.8) is 0 Å². The lowest BCUT2D eigenvalue weighted by atomic mass is 9.62.